The Bertz CT molecular complexity index is 866. The standard InChI is InChI=1S/C18H16ClNO/c19-13-6-3-5-12-16-14(20-17(12)13)9-8-11-10-4-1-2-7-15(10)21-18(11)16/h3,5-6,8-10,15,20H,1-2,4,7H2. The van der Waals surface area contributed by atoms with E-state index in [2.05, 4.69) is 23.2 Å². The highest BCUT2D eigenvalue weighted by atomic mass is 35.5. The van der Waals surface area contributed by atoms with Gasteiger partial charge in [-0.2, -0.15) is 0 Å². The van der Waals surface area contributed by atoms with Crippen molar-refractivity contribution in [1.82, 2.24) is 4.98 Å². The molecule has 1 saturated carbocycles. The van der Waals surface area contributed by atoms with E-state index >= 15 is 0 Å². The summed E-state index contributed by atoms with van der Waals surface area (Å²) in [5.41, 5.74) is 3.53. The van der Waals surface area contributed by atoms with Gasteiger partial charge in [0.25, 0.3) is 0 Å². The van der Waals surface area contributed by atoms with Gasteiger partial charge in [-0.25, -0.2) is 0 Å². The molecule has 2 aliphatic rings. The minimum atomic E-state index is 0.378. The number of H-pyrrole nitrogens is 1. The molecule has 2 nitrogen and oxygen atoms in total. The SMILES string of the molecule is Clc1cccc2c1[nH]c1ccc3c(c12)OC1CCCCC31. The van der Waals surface area contributed by atoms with Crippen LogP contribution < -0.4 is 4.74 Å². The molecule has 5 rings (SSSR count). The molecule has 1 aliphatic heterocycles. The average molecular weight is 298 g/mol. The molecule has 0 bridgehead atoms. The number of ether oxygens (including phenoxy) is 1. The molecular weight excluding hydrogens is 282 g/mol. The largest absolute Gasteiger partial charge is 0.489 e. The van der Waals surface area contributed by atoms with E-state index in [1.807, 2.05) is 12.1 Å². The zero-order chi connectivity index (χ0) is 14.0. The topological polar surface area (TPSA) is 25.0 Å². The van der Waals surface area contributed by atoms with Crippen LogP contribution in [0.4, 0.5) is 0 Å². The summed E-state index contributed by atoms with van der Waals surface area (Å²) in [7, 11) is 0. The Morgan fingerprint density at radius 3 is 2.95 bits per heavy atom. The Balaban J connectivity index is 1.85. The van der Waals surface area contributed by atoms with E-state index in [0.29, 0.717) is 12.0 Å². The molecule has 0 saturated heterocycles. The van der Waals surface area contributed by atoms with Crippen molar-refractivity contribution in [3.8, 4) is 5.75 Å². The van der Waals surface area contributed by atoms with Gasteiger partial charge in [-0.05, 0) is 31.4 Å². The van der Waals surface area contributed by atoms with Gasteiger partial charge in [0, 0.05) is 22.3 Å². The fourth-order valence-corrected chi connectivity index (χ4v) is 4.35. The zero-order valence-corrected chi connectivity index (χ0v) is 12.4. The molecule has 2 aromatic carbocycles. The summed E-state index contributed by atoms with van der Waals surface area (Å²) in [4.78, 5) is 3.45. The summed E-state index contributed by atoms with van der Waals surface area (Å²) in [6.07, 6.45) is 5.43. The van der Waals surface area contributed by atoms with Gasteiger partial charge in [0.05, 0.1) is 16.1 Å². The number of aromatic amines is 1. The molecule has 0 amide bonds. The molecular formula is C18H16ClNO. The van der Waals surface area contributed by atoms with Gasteiger partial charge in [-0.3, -0.25) is 0 Å². The number of hydrogen-bond donors (Lipinski definition) is 1. The summed E-state index contributed by atoms with van der Waals surface area (Å²) in [6.45, 7) is 0. The van der Waals surface area contributed by atoms with E-state index < -0.39 is 0 Å². The quantitative estimate of drug-likeness (QED) is 0.591. The van der Waals surface area contributed by atoms with E-state index in [-0.39, 0.29) is 0 Å². The first kappa shape index (κ1) is 11.9. The lowest BCUT2D eigenvalue weighted by molar-refractivity contribution is 0.165. The van der Waals surface area contributed by atoms with Crippen LogP contribution in [0.5, 0.6) is 5.75 Å². The van der Waals surface area contributed by atoms with Gasteiger partial charge < -0.3 is 9.72 Å². The van der Waals surface area contributed by atoms with Crippen molar-refractivity contribution >= 4 is 33.4 Å². The number of hydrogen-bond acceptors (Lipinski definition) is 1. The summed E-state index contributed by atoms with van der Waals surface area (Å²) in [6, 6.07) is 10.5. The second kappa shape index (κ2) is 4.17. The van der Waals surface area contributed by atoms with Crippen LogP contribution in [0.3, 0.4) is 0 Å². The monoisotopic (exact) mass is 297 g/mol. The molecule has 1 N–H and O–H groups in total. The predicted octanol–water partition coefficient (Wildman–Crippen LogP) is 5.39. The number of para-hydroxylation sites is 1. The molecule has 1 aliphatic carbocycles. The number of nitrogens with one attached hydrogen (secondary N) is 1. The van der Waals surface area contributed by atoms with Crippen LogP contribution in [0.2, 0.25) is 5.02 Å². The number of rotatable bonds is 0. The van der Waals surface area contributed by atoms with Crippen LogP contribution in [0.15, 0.2) is 30.3 Å². The van der Waals surface area contributed by atoms with Crippen molar-refractivity contribution < 1.29 is 4.74 Å². The second-order valence-electron chi connectivity index (χ2n) is 6.24. The van der Waals surface area contributed by atoms with Crippen LogP contribution in [-0.2, 0) is 0 Å². The van der Waals surface area contributed by atoms with Gasteiger partial charge in [-0.15, -0.1) is 0 Å². The zero-order valence-electron chi connectivity index (χ0n) is 11.7. The van der Waals surface area contributed by atoms with Crippen molar-refractivity contribution in [2.75, 3.05) is 0 Å². The minimum absolute atomic E-state index is 0.378. The first-order valence-corrected chi connectivity index (χ1v) is 8.10. The van der Waals surface area contributed by atoms with Crippen molar-refractivity contribution in [2.45, 2.75) is 37.7 Å². The molecule has 106 valence electrons. The molecule has 2 unspecified atom stereocenters. The highest BCUT2D eigenvalue weighted by Crippen LogP contribution is 2.50. The minimum Gasteiger partial charge on any atom is -0.489 e. The van der Waals surface area contributed by atoms with Gasteiger partial charge in [0.2, 0.25) is 0 Å². The maximum Gasteiger partial charge on any atom is 0.133 e. The van der Waals surface area contributed by atoms with E-state index in [9.17, 15) is 0 Å². The lowest BCUT2D eigenvalue weighted by atomic mass is 9.83. The van der Waals surface area contributed by atoms with Gasteiger partial charge in [-0.1, -0.05) is 36.2 Å². The van der Waals surface area contributed by atoms with Crippen LogP contribution in [0.1, 0.15) is 37.2 Å². The summed E-state index contributed by atoms with van der Waals surface area (Å²) >= 11 is 6.33. The number of aromatic nitrogens is 1. The van der Waals surface area contributed by atoms with E-state index in [4.69, 9.17) is 16.3 Å². The molecule has 0 spiro atoms. The Hall–Kier alpha value is -1.67. The maximum atomic E-state index is 6.37. The number of fused-ring (bicyclic) bond motifs is 7. The Kier molecular flexibility index (Phi) is 2.37. The molecule has 1 aromatic heterocycles. The molecule has 21 heavy (non-hydrogen) atoms. The highest BCUT2D eigenvalue weighted by Gasteiger charge is 2.37. The third-order valence-electron chi connectivity index (χ3n) is 5.10. The maximum absolute atomic E-state index is 6.37. The number of halogens is 1. The molecule has 1 fully saturated rings. The normalized spacial score (nSPS) is 24.0. The molecule has 2 heterocycles. The third-order valence-corrected chi connectivity index (χ3v) is 5.42. The van der Waals surface area contributed by atoms with Crippen molar-refractivity contribution in [2.24, 2.45) is 0 Å². The molecule has 3 aromatic rings. The fraction of sp³-hybridized carbons (Fsp3) is 0.333. The molecule has 2 atom stereocenters. The smallest absolute Gasteiger partial charge is 0.133 e. The Labute approximate surface area is 128 Å². The van der Waals surface area contributed by atoms with Crippen molar-refractivity contribution in [3.63, 3.8) is 0 Å². The average Bonchev–Trinajstić information content (AvgIpc) is 3.05. The van der Waals surface area contributed by atoms with Gasteiger partial charge >= 0.3 is 0 Å². The van der Waals surface area contributed by atoms with Crippen LogP contribution in [0.25, 0.3) is 21.8 Å². The molecule has 0 radical (unpaired) electrons. The fourth-order valence-electron chi connectivity index (χ4n) is 4.13. The number of benzene rings is 2. The predicted molar refractivity (Wildman–Crippen MR) is 86.4 cm³/mol. The Morgan fingerprint density at radius 2 is 2.00 bits per heavy atom. The summed E-state index contributed by atoms with van der Waals surface area (Å²) in [5, 5.41) is 3.15. The third kappa shape index (κ3) is 1.54. The second-order valence-corrected chi connectivity index (χ2v) is 6.65. The van der Waals surface area contributed by atoms with E-state index in [0.717, 1.165) is 21.8 Å². The van der Waals surface area contributed by atoms with Crippen LogP contribution >= 0.6 is 11.6 Å². The lowest BCUT2D eigenvalue weighted by Gasteiger charge is -2.23. The van der Waals surface area contributed by atoms with Crippen molar-refractivity contribution in [1.29, 1.82) is 0 Å². The first-order valence-electron chi connectivity index (χ1n) is 7.72. The van der Waals surface area contributed by atoms with Crippen LogP contribution in [0, 0.1) is 0 Å². The van der Waals surface area contributed by atoms with E-state index in [1.165, 1.54) is 42.0 Å². The summed E-state index contributed by atoms with van der Waals surface area (Å²) in [5.74, 6) is 1.68. The first-order chi connectivity index (χ1) is 10.3. The highest BCUT2D eigenvalue weighted by molar-refractivity contribution is 6.36. The van der Waals surface area contributed by atoms with Crippen LogP contribution in [-0.4, -0.2) is 11.1 Å². The van der Waals surface area contributed by atoms with Crippen molar-refractivity contribution in [3.05, 3.63) is 40.9 Å². The van der Waals surface area contributed by atoms with Gasteiger partial charge in [0.15, 0.2) is 0 Å². The Morgan fingerprint density at radius 1 is 1.10 bits per heavy atom. The lowest BCUT2D eigenvalue weighted by Crippen LogP contribution is -2.22. The van der Waals surface area contributed by atoms with Gasteiger partial charge in [0.1, 0.15) is 11.9 Å². The molecule has 3 heteroatoms. The van der Waals surface area contributed by atoms with E-state index in [1.54, 1.807) is 0 Å². The summed E-state index contributed by atoms with van der Waals surface area (Å²) < 4.78 is 6.37.